The van der Waals surface area contributed by atoms with Crippen LogP contribution in [0, 0.1) is 12.7 Å². The van der Waals surface area contributed by atoms with Crippen molar-refractivity contribution in [3.63, 3.8) is 0 Å². The van der Waals surface area contributed by atoms with E-state index in [9.17, 15) is 4.39 Å². The van der Waals surface area contributed by atoms with Crippen molar-refractivity contribution in [2.45, 2.75) is 13.5 Å². The Morgan fingerprint density at radius 1 is 1.17 bits per heavy atom. The second kappa shape index (κ2) is 5.38. The van der Waals surface area contributed by atoms with Gasteiger partial charge in [-0.1, -0.05) is 17.7 Å². The van der Waals surface area contributed by atoms with Crippen molar-refractivity contribution in [3.05, 3.63) is 58.4 Å². The number of ether oxygens (including phenoxy) is 1. The van der Waals surface area contributed by atoms with Crippen molar-refractivity contribution in [2.75, 3.05) is 0 Å². The van der Waals surface area contributed by atoms with Crippen molar-refractivity contribution in [1.29, 1.82) is 0 Å². The highest BCUT2D eigenvalue weighted by molar-refractivity contribution is 6.30. The lowest BCUT2D eigenvalue weighted by Crippen LogP contribution is -1.92. The normalized spacial score (nSPS) is 10.4. The van der Waals surface area contributed by atoms with Gasteiger partial charge in [-0.25, -0.2) is 4.39 Å². The van der Waals surface area contributed by atoms with Gasteiger partial charge in [-0.2, -0.15) is 0 Å². The molecule has 94 valence electrons. The summed E-state index contributed by atoms with van der Waals surface area (Å²) in [5.41, 5.74) is 1.33. The van der Waals surface area contributed by atoms with E-state index in [4.69, 9.17) is 21.4 Å². The zero-order chi connectivity index (χ0) is 13.1. The smallest absolute Gasteiger partial charge is 0.166 e. The Bertz CT molecular complexity index is 570. The molecule has 18 heavy (non-hydrogen) atoms. The molecule has 0 saturated heterocycles. The summed E-state index contributed by atoms with van der Waals surface area (Å²) >= 11 is 5.83. The zero-order valence-electron chi connectivity index (χ0n) is 9.78. The summed E-state index contributed by atoms with van der Waals surface area (Å²) < 4.78 is 19.2. The summed E-state index contributed by atoms with van der Waals surface area (Å²) in [6.07, 6.45) is 0. The lowest BCUT2D eigenvalue weighted by molar-refractivity contribution is 0.281. The minimum Gasteiger partial charge on any atom is -0.454 e. The molecular weight excluding hydrogens is 255 g/mol. The minimum atomic E-state index is -0.504. The number of rotatable bonds is 3. The first-order valence-electron chi connectivity index (χ1n) is 5.43. The molecule has 2 aromatic rings. The first kappa shape index (κ1) is 12.9. The maximum absolute atomic E-state index is 13.7. The molecule has 0 radical (unpaired) electrons. The van der Waals surface area contributed by atoms with Crippen LogP contribution in [0.2, 0.25) is 5.02 Å². The number of benzene rings is 2. The highest BCUT2D eigenvalue weighted by atomic mass is 35.5. The molecule has 4 heteroatoms. The van der Waals surface area contributed by atoms with E-state index >= 15 is 0 Å². The lowest BCUT2D eigenvalue weighted by Gasteiger charge is -2.10. The van der Waals surface area contributed by atoms with Crippen LogP contribution in [-0.4, -0.2) is 5.11 Å². The van der Waals surface area contributed by atoms with Crippen molar-refractivity contribution < 1.29 is 14.2 Å². The Kier molecular flexibility index (Phi) is 3.84. The maximum atomic E-state index is 13.7. The molecule has 0 aliphatic heterocycles. The molecule has 2 aromatic carbocycles. The van der Waals surface area contributed by atoms with E-state index in [2.05, 4.69) is 0 Å². The minimum absolute atomic E-state index is 0.123. The van der Waals surface area contributed by atoms with E-state index in [-0.39, 0.29) is 12.4 Å². The van der Waals surface area contributed by atoms with Gasteiger partial charge in [-0.15, -0.1) is 0 Å². The molecule has 0 aliphatic carbocycles. The summed E-state index contributed by atoms with van der Waals surface area (Å²) in [5.74, 6) is 0.170. The summed E-state index contributed by atoms with van der Waals surface area (Å²) in [6.45, 7) is 1.64. The SMILES string of the molecule is Cc1cc(Cl)ccc1Oc1ccc(CO)cc1F. The topological polar surface area (TPSA) is 29.5 Å². The fourth-order valence-corrected chi connectivity index (χ4v) is 1.80. The van der Waals surface area contributed by atoms with Gasteiger partial charge in [-0.3, -0.25) is 0 Å². The quantitative estimate of drug-likeness (QED) is 0.907. The fourth-order valence-electron chi connectivity index (χ4n) is 1.57. The molecule has 0 heterocycles. The second-order valence-electron chi connectivity index (χ2n) is 3.93. The van der Waals surface area contributed by atoms with Gasteiger partial charge in [0.2, 0.25) is 0 Å². The van der Waals surface area contributed by atoms with E-state index in [1.54, 1.807) is 24.3 Å². The molecule has 0 aromatic heterocycles. The third-order valence-corrected chi connectivity index (χ3v) is 2.77. The van der Waals surface area contributed by atoms with Crippen LogP contribution in [0.5, 0.6) is 11.5 Å². The van der Waals surface area contributed by atoms with Crippen LogP contribution in [0.3, 0.4) is 0 Å². The summed E-state index contributed by atoms with van der Waals surface area (Å²) in [7, 11) is 0. The van der Waals surface area contributed by atoms with Crippen molar-refractivity contribution in [1.82, 2.24) is 0 Å². The Hall–Kier alpha value is -1.58. The molecule has 0 amide bonds. The summed E-state index contributed by atoms with van der Waals surface area (Å²) in [4.78, 5) is 0. The predicted octanol–water partition coefficient (Wildman–Crippen LogP) is 4.07. The summed E-state index contributed by atoms with van der Waals surface area (Å²) in [5, 5.41) is 9.50. The molecule has 0 saturated carbocycles. The van der Waals surface area contributed by atoms with Crippen LogP contribution in [0.15, 0.2) is 36.4 Å². The lowest BCUT2D eigenvalue weighted by atomic mass is 10.2. The third-order valence-electron chi connectivity index (χ3n) is 2.54. The fraction of sp³-hybridized carbons (Fsp3) is 0.143. The largest absolute Gasteiger partial charge is 0.454 e. The van der Waals surface area contributed by atoms with Crippen molar-refractivity contribution in [3.8, 4) is 11.5 Å². The average Bonchev–Trinajstić information content (AvgIpc) is 2.34. The Balaban J connectivity index is 2.28. The van der Waals surface area contributed by atoms with Crippen LogP contribution >= 0.6 is 11.6 Å². The molecule has 1 N–H and O–H groups in total. The number of aliphatic hydroxyl groups is 1. The Morgan fingerprint density at radius 3 is 2.50 bits per heavy atom. The Labute approximate surface area is 110 Å². The zero-order valence-corrected chi connectivity index (χ0v) is 10.5. The molecule has 0 aliphatic rings. The first-order chi connectivity index (χ1) is 8.60. The van der Waals surface area contributed by atoms with Crippen LogP contribution in [-0.2, 0) is 6.61 Å². The number of hydrogen-bond acceptors (Lipinski definition) is 2. The van der Waals surface area contributed by atoms with E-state index in [1.807, 2.05) is 6.92 Å². The predicted molar refractivity (Wildman–Crippen MR) is 68.6 cm³/mol. The van der Waals surface area contributed by atoms with Gasteiger partial charge in [0, 0.05) is 5.02 Å². The monoisotopic (exact) mass is 266 g/mol. The van der Waals surface area contributed by atoms with Gasteiger partial charge in [-0.05, 0) is 48.4 Å². The standard InChI is InChI=1S/C14H12ClFO2/c1-9-6-11(15)3-5-13(9)18-14-4-2-10(8-17)7-12(14)16/h2-7,17H,8H2,1H3. The summed E-state index contributed by atoms with van der Waals surface area (Å²) in [6, 6.07) is 9.48. The average molecular weight is 267 g/mol. The highest BCUT2D eigenvalue weighted by Gasteiger charge is 2.08. The second-order valence-corrected chi connectivity index (χ2v) is 4.37. The molecule has 2 rings (SSSR count). The molecule has 0 bridgehead atoms. The van der Waals surface area contributed by atoms with Crippen LogP contribution in [0.4, 0.5) is 4.39 Å². The van der Waals surface area contributed by atoms with Crippen molar-refractivity contribution in [2.24, 2.45) is 0 Å². The molecular formula is C14H12ClFO2. The van der Waals surface area contributed by atoms with E-state index in [1.165, 1.54) is 12.1 Å². The van der Waals surface area contributed by atoms with Gasteiger partial charge in [0.05, 0.1) is 6.61 Å². The Morgan fingerprint density at radius 2 is 1.89 bits per heavy atom. The number of aliphatic hydroxyl groups excluding tert-OH is 1. The molecule has 0 atom stereocenters. The maximum Gasteiger partial charge on any atom is 0.166 e. The van der Waals surface area contributed by atoms with Crippen LogP contribution < -0.4 is 4.74 Å². The third kappa shape index (κ3) is 2.81. The van der Waals surface area contributed by atoms with Gasteiger partial charge >= 0.3 is 0 Å². The number of halogens is 2. The first-order valence-corrected chi connectivity index (χ1v) is 5.81. The number of aryl methyl sites for hydroxylation is 1. The van der Waals surface area contributed by atoms with Crippen molar-refractivity contribution >= 4 is 11.6 Å². The van der Waals surface area contributed by atoms with Crippen LogP contribution in [0.25, 0.3) is 0 Å². The van der Waals surface area contributed by atoms with E-state index in [0.717, 1.165) is 5.56 Å². The van der Waals surface area contributed by atoms with E-state index < -0.39 is 5.82 Å². The van der Waals surface area contributed by atoms with Gasteiger partial charge in [0.1, 0.15) is 5.75 Å². The molecule has 0 spiro atoms. The molecule has 0 fully saturated rings. The highest BCUT2D eigenvalue weighted by Crippen LogP contribution is 2.29. The van der Waals surface area contributed by atoms with Gasteiger partial charge in [0.25, 0.3) is 0 Å². The van der Waals surface area contributed by atoms with Gasteiger partial charge < -0.3 is 9.84 Å². The molecule has 0 unspecified atom stereocenters. The number of hydrogen-bond donors (Lipinski definition) is 1. The molecule has 2 nitrogen and oxygen atoms in total. The van der Waals surface area contributed by atoms with Crippen LogP contribution in [0.1, 0.15) is 11.1 Å². The van der Waals surface area contributed by atoms with Gasteiger partial charge in [0.15, 0.2) is 11.6 Å². The van der Waals surface area contributed by atoms with E-state index in [0.29, 0.717) is 16.3 Å².